The van der Waals surface area contributed by atoms with Gasteiger partial charge in [-0.25, -0.2) is 0 Å². The molecule has 0 aromatic carbocycles. The average molecular weight is 231 g/mol. The van der Waals surface area contributed by atoms with Gasteiger partial charge >= 0.3 is 0 Å². The van der Waals surface area contributed by atoms with Gasteiger partial charge in [0.25, 0.3) is 0 Å². The molecule has 0 radical (unpaired) electrons. The second-order valence-corrected chi connectivity index (χ2v) is 4.84. The van der Waals surface area contributed by atoms with Crippen molar-refractivity contribution in [3.05, 3.63) is 0 Å². The molecule has 86 valence electrons. The van der Waals surface area contributed by atoms with Crippen molar-refractivity contribution in [2.45, 2.75) is 24.3 Å². The van der Waals surface area contributed by atoms with Crippen molar-refractivity contribution < 1.29 is 9.90 Å². The van der Waals surface area contributed by atoms with E-state index in [4.69, 9.17) is 5.73 Å². The van der Waals surface area contributed by atoms with Crippen LogP contribution in [0.1, 0.15) is 12.8 Å². The molecule has 0 spiro atoms. The first-order valence-electron chi connectivity index (χ1n) is 4.82. The maximum absolute atomic E-state index is 11.3. The summed E-state index contributed by atoms with van der Waals surface area (Å²) in [7, 11) is 3.27. The zero-order chi connectivity index (χ0) is 11.4. The van der Waals surface area contributed by atoms with Crippen molar-refractivity contribution in [1.82, 2.24) is 4.90 Å². The molecule has 2 unspecified atom stereocenters. The summed E-state index contributed by atoms with van der Waals surface area (Å²) < 4.78 is 0. The number of aliphatic hydroxyl groups excluding tert-OH is 1. The lowest BCUT2D eigenvalue weighted by Gasteiger charge is -2.18. The number of amidine groups is 1. The van der Waals surface area contributed by atoms with E-state index in [1.807, 2.05) is 0 Å². The van der Waals surface area contributed by atoms with E-state index < -0.39 is 6.23 Å². The Kier molecular flexibility index (Phi) is 4.41. The molecule has 0 aromatic heterocycles. The van der Waals surface area contributed by atoms with Crippen LogP contribution in [0.3, 0.4) is 0 Å². The minimum absolute atomic E-state index is 0.00266. The van der Waals surface area contributed by atoms with Gasteiger partial charge in [-0.15, -0.1) is 0 Å². The topological polar surface area (TPSA) is 78.9 Å². The molecule has 5 nitrogen and oxygen atoms in total. The van der Waals surface area contributed by atoms with E-state index in [2.05, 4.69) is 4.99 Å². The van der Waals surface area contributed by atoms with Crippen molar-refractivity contribution in [3.8, 4) is 0 Å². The summed E-state index contributed by atoms with van der Waals surface area (Å²) in [5.74, 6) is 1.39. The van der Waals surface area contributed by atoms with Crippen LogP contribution < -0.4 is 5.73 Å². The molecule has 15 heavy (non-hydrogen) atoms. The van der Waals surface area contributed by atoms with Gasteiger partial charge in [0.2, 0.25) is 5.91 Å². The van der Waals surface area contributed by atoms with Gasteiger partial charge in [0.15, 0.2) is 0 Å². The number of nitrogens with two attached hydrogens (primary N) is 1. The van der Waals surface area contributed by atoms with Gasteiger partial charge in [-0.1, -0.05) is 0 Å². The molecule has 1 amide bonds. The number of hydrogen-bond acceptors (Lipinski definition) is 4. The minimum Gasteiger partial charge on any atom is -0.387 e. The van der Waals surface area contributed by atoms with Crippen LogP contribution in [0.4, 0.5) is 0 Å². The molecule has 1 rings (SSSR count). The molecule has 1 aliphatic rings. The lowest BCUT2D eigenvalue weighted by atomic mass is 10.3. The normalized spacial score (nSPS) is 27.5. The standard InChI is InChI=1S/C9H17N3O2S/c1-11-7(10)3-4-15-6-5-8(13)12(2)9(6)14/h6,9,14H,3-5H2,1-2H3,(H2,10,11). The van der Waals surface area contributed by atoms with Crippen LogP contribution in [0.5, 0.6) is 0 Å². The molecule has 1 fully saturated rings. The first-order chi connectivity index (χ1) is 7.06. The fourth-order valence-electron chi connectivity index (χ4n) is 1.39. The third kappa shape index (κ3) is 3.10. The van der Waals surface area contributed by atoms with Crippen LogP contribution in [-0.2, 0) is 4.79 Å². The number of aliphatic imine (C=N–C) groups is 1. The van der Waals surface area contributed by atoms with Gasteiger partial charge in [-0.05, 0) is 0 Å². The summed E-state index contributed by atoms with van der Waals surface area (Å²) in [5, 5.41) is 9.64. The Morgan fingerprint density at radius 1 is 1.80 bits per heavy atom. The molecule has 0 bridgehead atoms. The summed E-state index contributed by atoms with van der Waals surface area (Å²) in [6.45, 7) is 0. The quantitative estimate of drug-likeness (QED) is 0.512. The number of amides is 1. The van der Waals surface area contributed by atoms with Crippen LogP contribution in [0.2, 0.25) is 0 Å². The van der Waals surface area contributed by atoms with Crippen molar-refractivity contribution >= 4 is 23.5 Å². The number of carbonyl (C=O) groups excluding carboxylic acids is 1. The number of nitrogens with zero attached hydrogens (tertiary/aromatic N) is 2. The van der Waals surface area contributed by atoms with E-state index in [0.717, 1.165) is 5.75 Å². The van der Waals surface area contributed by atoms with Crippen LogP contribution in [0.15, 0.2) is 4.99 Å². The summed E-state index contributed by atoms with van der Waals surface area (Å²) >= 11 is 1.57. The van der Waals surface area contributed by atoms with Gasteiger partial charge in [-0.3, -0.25) is 9.79 Å². The molecule has 2 atom stereocenters. The van der Waals surface area contributed by atoms with E-state index in [9.17, 15) is 9.90 Å². The molecule has 0 aromatic rings. The molecule has 0 saturated carbocycles. The fourth-order valence-corrected chi connectivity index (χ4v) is 2.63. The summed E-state index contributed by atoms with van der Waals surface area (Å²) in [4.78, 5) is 16.5. The van der Waals surface area contributed by atoms with Crippen LogP contribution in [0.25, 0.3) is 0 Å². The summed E-state index contributed by atoms with van der Waals surface area (Å²) in [6, 6.07) is 0. The summed E-state index contributed by atoms with van der Waals surface area (Å²) in [5.41, 5.74) is 5.54. The Bertz CT molecular complexity index is 270. The maximum atomic E-state index is 11.3. The molecule has 1 saturated heterocycles. The molecule has 0 aliphatic carbocycles. The second kappa shape index (κ2) is 5.37. The van der Waals surface area contributed by atoms with E-state index in [-0.39, 0.29) is 11.2 Å². The van der Waals surface area contributed by atoms with Gasteiger partial charge in [-0.2, -0.15) is 11.8 Å². The number of rotatable bonds is 4. The Morgan fingerprint density at radius 2 is 2.47 bits per heavy atom. The highest BCUT2D eigenvalue weighted by Crippen LogP contribution is 2.27. The zero-order valence-corrected chi connectivity index (χ0v) is 9.83. The zero-order valence-electron chi connectivity index (χ0n) is 9.01. The minimum atomic E-state index is -0.665. The number of aliphatic hydroxyl groups is 1. The highest BCUT2D eigenvalue weighted by Gasteiger charge is 2.35. The molecule has 1 aliphatic heterocycles. The fraction of sp³-hybridized carbons (Fsp3) is 0.778. The number of thioether (sulfide) groups is 1. The van der Waals surface area contributed by atoms with E-state index in [1.165, 1.54) is 4.90 Å². The molecule has 3 N–H and O–H groups in total. The second-order valence-electron chi connectivity index (χ2n) is 3.50. The molecular formula is C9H17N3O2S. The van der Waals surface area contributed by atoms with Crippen molar-refractivity contribution in [2.24, 2.45) is 10.7 Å². The Balaban J connectivity index is 2.31. The van der Waals surface area contributed by atoms with Crippen molar-refractivity contribution in [2.75, 3.05) is 19.8 Å². The highest BCUT2D eigenvalue weighted by atomic mass is 32.2. The van der Waals surface area contributed by atoms with Gasteiger partial charge in [0, 0.05) is 32.7 Å². The van der Waals surface area contributed by atoms with Crippen molar-refractivity contribution in [1.29, 1.82) is 0 Å². The van der Waals surface area contributed by atoms with Gasteiger partial charge < -0.3 is 15.7 Å². The van der Waals surface area contributed by atoms with E-state index in [0.29, 0.717) is 18.7 Å². The largest absolute Gasteiger partial charge is 0.387 e. The number of likely N-dealkylation sites (tertiary alicyclic amines) is 1. The predicted molar refractivity (Wildman–Crippen MR) is 61.8 cm³/mol. The number of hydrogen-bond donors (Lipinski definition) is 2. The highest BCUT2D eigenvalue weighted by molar-refractivity contribution is 8.00. The van der Waals surface area contributed by atoms with E-state index in [1.54, 1.807) is 25.9 Å². The Labute approximate surface area is 93.7 Å². The average Bonchev–Trinajstić information content (AvgIpc) is 2.46. The monoisotopic (exact) mass is 231 g/mol. The lowest BCUT2D eigenvalue weighted by Crippen LogP contribution is -2.32. The smallest absolute Gasteiger partial charge is 0.225 e. The molecule has 6 heteroatoms. The third-order valence-corrected chi connectivity index (χ3v) is 3.75. The van der Waals surface area contributed by atoms with Crippen LogP contribution >= 0.6 is 11.8 Å². The Morgan fingerprint density at radius 3 is 2.93 bits per heavy atom. The predicted octanol–water partition coefficient (Wildman–Crippen LogP) is -0.354. The Hall–Kier alpha value is -0.750. The van der Waals surface area contributed by atoms with Crippen LogP contribution in [0, 0.1) is 0 Å². The third-order valence-electron chi connectivity index (χ3n) is 2.48. The first kappa shape index (κ1) is 12.3. The molecular weight excluding hydrogens is 214 g/mol. The van der Waals surface area contributed by atoms with Crippen LogP contribution in [-0.4, -0.2) is 53.1 Å². The first-order valence-corrected chi connectivity index (χ1v) is 5.87. The van der Waals surface area contributed by atoms with Crippen molar-refractivity contribution in [3.63, 3.8) is 0 Å². The van der Waals surface area contributed by atoms with E-state index >= 15 is 0 Å². The summed E-state index contributed by atoms with van der Waals surface area (Å²) in [6.07, 6.45) is 0.440. The number of carbonyl (C=O) groups is 1. The van der Waals surface area contributed by atoms with Gasteiger partial charge in [0.1, 0.15) is 6.23 Å². The molecule has 1 heterocycles. The SMILES string of the molecule is CN=C(N)CCSC1CC(=O)N(C)C1O. The maximum Gasteiger partial charge on any atom is 0.225 e. The lowest BCUT2D eigenvalue weighted by molar-refractivity contribution is -0.131. The van der Waals surface area contributed by atoms with Gasteiger partial charge in [0.05, 0.1) is 11.1 Å².